The number of carbonyl (C=O) groups excluding carboxylic acids is 1. The SMILES string of the molecule is Cl.O=C(CN1CCC[C@H]1C(=O)O)Nc1cc(F)ccc1F. The number of hydrogen-bond acceptors (Lipinski definition) is 3. The summed E-state index contributed by atoms with van der Waals surface area (Å²) in [7, 11) is 0. The molecule has 1 aliphatic rings. The molecule has 2 rings (SSSR count). The second-order valence-corrected chi connectivity index (χ2v) is 4.64. The molecule has 116 valence electrons. The van der Waals surface area contributed by atoms with Gasteiger partial charge in [-0.2, -0.15) is 0 Å². The molecule has 0 spiro atoms. The fraction of sp³-hybridized carbons (Fsp3) is 0.385. The van der Waals surface area contributed by atoms with Crippen LogP contribution in [0.1, 0.15) is 12.8 Å². The van der Waals surface area contributed by atoms with E-state index in [1.807, 2.05) is 0 Å². The molecule has 1 saturated heterocycles. The van der Waals surface area contributed by atoms with E-state index in [1.165, 1.54) is 4.90 Å². The lowest BCUT2D eigenvalue weighted by atomic mass is 10.2. The third kappa shape index (κ3) is 4.37. The lowest BCUT2D eigenvalue weighted by Crippen LogP contribution is -2.41. The number of nitrogens with one attached hydrogen (secondary N) is 1. The number of anilines is 1. The molecule has 8 heteroatoms. The summed E-state index contributed by atoms with van der Waals surface area (Å²) in [5, 5.41) is 11.2. The average Bonchev–Trinajstić information content (AvgIpc) is 2.82. The third-order valence-corrected chi connectivity index (χ3v) is 3.20. The van der Waals surface area contributed by atoms with Crippen molar-refractivity contribution in [2.75, 3.05) is 18.4 Å². The number of carboxylic acid groups (broad SMARTS) is 1. The van der Waals surface area contributed by atoms with Gasteiger partial charge in [0.2, 0.25) is 5.91 Å². The number of halogens is 3. The van der Waals surface area contributed by atoms with Gasteiger partial charge in [-0.1, -0.05) is 0 Å². The molecule has 21 heavy (non-hydrogen) atoms. The number of nitrogens with zero attached hydrogens (tertiary/aromatic N) is 1. The topological polar surface area (TPSA) is 69.6 Å². The molecule has 1 fully saturated rings. The van der Waals surface area contributed by atoms with Crippen molar-refractivity contribution < 1.29 is 23.5 Å². The number of carbonyl (C=O) groups is 2. The fourth-order valence-corrected chi connectivity index (χ4v) is 2.26. The molecular formula is C13H15ClF2N2O3. The number of hydrogen-bond donors (Lipinski definition) is 2. The zero-order chi connectivity index (χ0) is 14.7. The number of carboxylic acids is 1. The number of benzene rings is 1. The Labute approximate surface area is 126 Å². The van der Waals surface area contributed by atoms with E-state index in [2.05, 4.69) is 5.32 Å². The van der Waals surface area contributed by atoms with E-state index in [4.69, 9.17) is 5.11 Å². The Hall–Kier alpha value is -1.73. The summed E-state index contributed by atoms with van der Waals surface area (Å²) in [6.45, 7) is 0.336. The van der Waals surface area contributed by atoms with Crippen molar-refractivity contribution in [1.82, 2.24) is 4.90 Å². The van der Waals surface area contributed by atoms with Gasteiger partial charge in [-0.05, 0) is 31.5 Å². The van der Waals surface area contributed by atoms with E-state index in [-0.39, 0.29) is 24.6 Å². The Morgan fingerprint density at radius 3 is 2.76 bits per heavy atom. The molecule has 0 aromatic heterocycles. The van der Waals surface area contributed by atoms with Crippen molar-refractivity contribution in [3.8, 4) is 0 Å². The summed E-state index contributed by atoms with van der Waals surface area (Å²) in [5.41, 5.74) is -0.249. The summed E-state index contributed by atoms with van der Waals surface area (Å²) in [6, 6.07) is 2.05. The van der Waals surface area contributed by atoms with Crippen molar-refractivity contribution in [2.45, 2.75) is 18.9 Å². The Kier molecular flexibility index (Phi) is 6.04. The van der Waals surface area contributed by atoms with E-state index in [9.17, 15) is 18.4 Å². The first-order valence-corrected chi connectivity index (χ1v) is 6.19. The van der Waals surface area contributed by atoms with Crippen LogP contribution in [0, 0.1) is 11.6 Å². The fourth-order valence-electron chi connectivity index (χ4n) is 2.26. The molecule has 0 saturated carbocycles. The van der Waals surface area contributed by atoms with E-state index >= 15 is 0 Å². The number of amides is 1. The highest BCUT2D eigenvalue weighted by Gasteiger charge is 2.31. The lowest BCUT2D eigenvalue weighted by molar-refractivity contribution is -0.142. The molecule has 1 heterocycles. The molecule has 1 amide bonds. The van der Waals surface area contributed by atoms with Crippen LogP contribution < -0.4 is 5.32 Å². The first-order valence-electron chi connectivity index (χ1n) is 6.19. The predicted molar refractivity (Wildman–Crippen MR) is 74.5 cm³/mol. The number of rotatable bonds is 4. The van der Waals surface area contributed by atoms with Crippen molar-refractivity contribution in [3.05, 3.63) is 29.8 Å². The summed E-state index contributed by atoms with van der Waals surface area (Å²) in [4.78, 5) is 24.2. The summed E-state index contributed by atoms with van der Waals surface area (Å²) in [6.07, 6.45) is 1.18. The highest BCUT2D eigenvalue weighted by molar-refractivity contribution is 5.92. The quantitative estimate of drug-likeness (QED) is 0.888. The summed E-state index contributed by atoms with van der Waals surface area (Å²) in [5.74, 6) is -2.95. The Bertz CT molecular complexity index is 542. The zero-order valence-corrected chi connectivity index (χ0v) is 11.8. The third-order valence-electron chi connectivity index (χ3n) is 3.20. The Morgan fingerprint density at radius 1 is 1.38 bits per heavy atom. The first kappa shape index (κ1) is 17.3. The van der Waals surface area contributed by atoms with E-state index in [0.717, 1.165) is 18.2 Å². The predicted octanol–water partition coefficient (Wildman–Crippen LogP) is 1.87. The molecule has 0 bridgehead atoms. The van der Waals surface area contributed by atoms with Crippen LogP contribution in [-0.2, 0) is 9.59 Å². The molecule has 1 aromatic rings. The van der Waals surface area contributed by atoms with Gasteiger partial charge in [0, 0.05) is 6.07 Å². The second-order valence-electron chi connectivity index (χ2n) is 4.64. The standard InChI is InChI=1S/C13H14F2N2O3.ClH/c14-8-3-4-9(15)10(6-8)16-12(18)7-17-5-1-2-11(17)13(19)20;/h3-4,6,11H,1-2,5,7H2,(H,16,18)(H,19,20);1H/t11-;/m0./s1. The van der Waals surface area contributed by atoms with Gasteiger partial charge in [-0.15, -0.1) is 12.4 Å². The molecular weight excluding hydrogens is 306 g/mol. The van der Waals surface area contributed by atoms with Gasteiger partial charge in [0.1, 0.15) is 17.7 Å². The minimum absolute atomic E-state index is 0. The maximum absolute atomic E-state index is 13.4. The largest absolute Gasteiger partial charge is 0.480 e. The molecule has 0 aliphatic carbocycles. The first-order chi connectivity index (χ1) is 9.47. The number of aliphatic carboxylic acids is 1. The van der Waals surface area contributed by atoms with Gasteiger partial charge >= 0.3 is 5.97 Å². The van der Waals surface area contributed by atoms with Crippen LogP contribution in [0.2, 0.25) is 0 Å². The monoisotopic (exact) mass is 320 g/mol. The van der Waals surface area contributed by atoms with Crippen molar-refractivity contribution >= 4 is 30.0 Å². The molecule has 1 atom stereocenters. The van der Waals surface area contributed by atoms with Crippen LogP contribution in [0.4, 0.5) is 14.5 Å². The summed E-state index contributed by atoms with van der Waals surface area (Å²) < 4.78 is 26.3. The van der Waals surface area contributed by atoms with Gasteiger partial charge in [0.15, 0.2) is 0 Å². The molecule has 0 radical (unpaired) electrons. The van der Waals surface area contributed by atoms with Gasteiger partial charge < -0.3 is 10.4 Å². The molecule has 0 unspecified atom stereocenters. The molecule has 5 nitrogen and oxygen atoms in total. The second kappa shape index (κ2) is 7.33. The highest BCUT2D eigenvalue weighted by atomic mass is 35.5. The van der Waals surface area contributed by atoms with Crippen molar-refractivity contribution in [1.29, 1.82) is 0 Å². The minimum atomic E-state index is -0.979. The van der Waals surface area contributed by atoms with Gasteiger partial charge in [-0.25, -0.2) is 8.78 Å². The number of likely N-dealkylation sites (tertiary alicyclic amines) is 1. The van der Waals surface area contributed by atoms with Crippen LogP contribution in [0.15, 0.2) is 18.2 Å². The normalized spacial score (nSPS) is 18.1. The van der Waals surface area contributed by atoms with Gasteiger partial charge in [0.05, 0.1) is 12.2 Å². The van der Waals surface area contributed by atoms with Crippen LogP contribution in [0.3, 0.4) is 0 Å². The molecule has 1 aliphatic heterocycles. The van der Waals surface area contributed by atoms with Gasteiger partial charge in [-0.3, -0.25) is 14.5 Å². The highest BCUT2D eigenvalue weighted by Crippen LogP contribution is 2.18. The average molecular weight is 321 g/mol. The Morgan fingerprint density at radius 2 is 2.10 bits per heavy atom. The zero-order valence-electron chi connectivity index (χ0n) is 11.0. The maximum atomic E-state index is 13.4. The van der Waals surface area contributed by atoms with Crippen LogP contribution in [0.25, 0.3) is 0 Å². The van der Waals surface area contributed by atoms with Crippen molar-refractivity contribution in [3.63, 3.8) is 0 Å². The lowest BCUT2D eigenvalue weighted by Gasteiger charge is -2.20. The van der Waals surface area contributed by atoms with Crippen LogP contribution >= 0.6 is 12.4 Å². The van der Waals surface area contributed by atoms with E-state index in [0.29, 0.717) is 19.4 Å². The van der Waals surface area contributed by atoms with Gasteiger partial charge in [0.25, 0.3) is 0 Å². The van der Waals surface area contributed by atoms with Crippen LogP contribution in [0.5, 0.6) is 0 Å². The van der Waals surface area contributed by atoms with E-state index in [1.54, 1.807) is 0 Å². The molecule has 2 N–H and O–H groups in total. The van der Waals surface area contributed by atoms with Crippen molar-refractivity contribution in [2.24, 2.45) is 0 Å². The van der Waals surface area contributed by atoms with E-state index < -0.39 is 29.6 Å². The smallest absolute Gasteiger partial charge is 0.320 e. The Balaban J connectivity index is 0.00000220. The molecule has 1 aromatic carbocycles. The summed E-state index contributed by atoms with van der Waals surface area (Å²) >= 11 is 0. The maximum Gasteiger partial charge on any atom is 0.320 e. The van der Waals surface area contributed by atoms with Crippen LogP contribution in [-0.4, -0.2) is 41.0 Å². The minimum Gasteiger partial charge on any atom is -0.480 e.